The van der Waals surface area contributed by atoms with Crippen molar-refractivity contribution in [3.8, 4) is 0 Å². The third-order valence-electron chi connectivity index (χ3n) is 4.01. The highest BCUT2D eigenvalue weighted by molar-refractivity contribution is 5.67. The van der Waals surface area contributed by atoms with Crippen LogP contribution in [-0.2, 0) is 16.0 Å². The van der Waals surface area contributed by atoms with Crippen molar-refractivity contribution in [3.05, 3.63) is 30.1 Å². The number of alkyl carbamates (subject to hydrolysis) is 2. The van der Waals surface area contributed by atoms with E-state index in [2.05, 4.69) is 34.4 Å². The Morgan fingerprint density at radius 1 is 1.00 bits per heavy atom. The van der Waals surface area contributed by atoms with Crippen molar-refractivity contribution in [3.63, 3.8) is 0 Å². The molecule has 8 nitrogen and oxygen atoms in total. The van der Waals surface area contributed by atoms with Gasteiger partial charge in [0.2, 0.25) is 0 Å². The molecule has 1 rings (SSSR count). The fraction of sp³-hybridized carbons (Fsp3) is 0.650. The van der Waals surface area contributed by atoms with Gasteiger partial charge in [0.05, 0.1) is 0 Å². The molecule has 1 heterocycles. The van der Waals surface area contributed by atoms with Gasteiger partial charge in [-0.3, -0.25) is 9.88 Å². The first-order valence-electron chi connectivity index (χ1n) is 10.1. The summed E-state index contributed by atoms with van der Waals surface area (Å²) in [7, 11) is 0. The quantitative estimate of drug-likeness (QED) is 0.471. The lowest BCUT2D eigenvalue weighted by atomic mass is 10.2. The van der Waals surface area contributed by atoms with Crippen LogP contribution in [0.3, 0.4) is 0 Å². The molecule has 0 aliphatic carbocycles. The highest BCUT2D eigenvalue weighted by Crippen LogP contribution is 2.03. The highest BCUT2D eigenvalue weighted by Gasteiger charge is 2.10. The van der Waals surface area contributed by atoms with Crippen molar-refractivity contribution in [2.24, 2.45) is 0 Å². The Hall–Kier alpha value is -2.35. The molecule has 0 radical (unpaired) electrons. The van der Waals surface area contributed by atoms with Gasteiger partial charge in [-0.05, 0) is 24.5 Å². The van der Waals surface area contributed by atoms with E-state index in [9.17, 15) is 9.59 Å². The standard InChI is InChI=1S/C20H34N4O4/c1-3-5-10-22-19(25)27-14-12-24(17-18-8-7-9-21-16-18)13-15-28-20(26)23-11-6-4-2/h7-9,16H,3-6,10-15,17H2,1-2H3,(H,22,25)(H,23,26). The second kappa shape index (κ2) is 15.7. The predicted molar refractivity (Wildman–Crippen MR) is 108 cm³/mol. The Morgan fingerprint density at radius 2 is 1.57 bits per heavy atom. The number of carbonyl (C=O) groups is 2. The van der Waals surface area contributed by atoms with Crippen LogP contribution in [0.4, 0.5) is 9.59 Å². The second-order valence-electron chi connectivity index (χ2n) is 6.47. The van der Waals surface area contributed by atoms with Crippen molar-refractivity contribution < 1.29 is 19.1 Å². The minimum atomic E-state index is -0.402. The summed E-state index contributed by atoms with van der Waals surface area (Å²) in [4.78, 5) is 29.5. The number of pyridine rings is 1. The smallest absolute Gasteiger partial charge is 0.407 e. The van der Waals surface area contributed by atoms with Crippen molar-refractivity contribution in [1.29, 1.82) is 0 Å². The fourth-order valence-corrected chi connectivity index (χ4v) is 2.39. The average Bonchev–Trinajstić information content (AvgIpc) is 2.69. The first-order valence-corrected chi connectivity index (χ1v) is 10.1. The van der Waals surface area contributed by atoms with Crippen molar-refractivity contribution >= 4 is 12.2 Å². The average molecular weight is 395 g/mol. The maximum Gasteiger partial charge on any atom is 0.407 e. The molecular weight excluding hydrogens is 360 g/mol. The zero-order valence-electron chi connectivity index (χ0n) is 17.1. The van der Waals surface area contributed by atoms with Gasteiger partial charge in [0, 0.05) is 45.1 Å². The molecule has 0 aliphatic heterocycles. The summed E-state index contributed by atoms with van der Waals surface area (Å²) in [6.07, 6.45) is 6.61. The minimum absolute atomic E-state index is 0.265. The first-order chi connectivity index (χ1) is 13.7. The number of hydrogen-bond donors (Lipinski definition) is 2. The third-order valence-corrected chi connectivity index (χ3v) is 4.01. The molecule has 1 aromatic heterocycles. The Bertz CT molecular complexity index is 514. The van der Waals surface area contributed by atoms with Gasteiger partial charge in [-0.2, -0.15) is 0 Å². The van der Waals surface area contributed by atoms with Crippen LogP contribution in [-0.4, -0.2) is 61.5 Å². The van der Waals surface area contributed by atoms with E-state index in [4.69, 9.17) is 9.47 Å². The van der Waals surface area contributed by atoms with E-state index in [0.29, 0.717) is 32.7 Å². The number of carbonyl (C=O) groups excluding carboxylic acids is 2. The van der Waals surface area contributed by atoms with Crippen molar-refractivity contribution in [2.45, 2.75) is 46.1 Å². The van der Waals surface area contributed by atoms with Gasteiger partial charge in [-0.1, -0.05) is 32.8 Å². The number of hydrogen-bond acceptors (Lipinski definition) is 6. The van der Waals surface area contributed by atoms with Gasteiger partial charge < -0.3 is 20.1 Å². The maximum atomic E-state index is 11.6. The van der Waals surface area contributed by atoms with E-state index in [1.54, 1.807) is 12.4 Å². The summed E-state index contributed by atoms with van der Waals surface area (Å²) in [5.74, 6) is 0. The molecule has 0 spiro atoms. The summed E-state index contributed by atoms with van der Waals surface area (Å²) >= 11 is 0. The molecule has 158 valence electrons. The Balaban J connectivity index is 2.37. The van der Waals surface area contributed by atoms with Crippen LogP contribution in [0, 0.1) is 0 Å². The minimum Gasteiger partial charge on any atom is -0.448 e. The molecule has 0 aromatic carbocycles. The van der Waals surface area contributed by atoms with Gasteiger partial charge in [-0.25, -0.2) is 9.59 Å². The van der Waals surface area contributed by atoms with E-state index >= 15 is 0 Å². The fourth-order valence-electron chi connectivity index (χ4n) is 2.39. The molecule has 0 atom stereocenters. The topological polar surface area (TPSA) is 92.8 Å². The first kappa shape index (κ1) is 23.7. The lowest BCUT2D eigenvalue weighted by Crippen LogP contribution is -2.34. The molecule has 0 unspecified atom stereocenters. The zero-order chi connectivity index (χ0) is 20.5. The molecule has 0 fully saturated rings. The Labute approximate surface area is 168 Å². The number of rotatable bonds is 14. The molecule has 2 N–H and O–H groups in total. The molecule has 0 saturated heterocycles. The number of unbranched alkanes of at least 4 members (excludes halogenated alkanes) is 2. The lowest BCUT2D eigenvalue weighted by molar-refractivity contribution is 0.104. The van der Waals surface area contributed by atoms with Crippen LogP contribution in [0.5, 0.6) is 0 Å². The highest BCUT2D eigenvalue weighted by atomic mass is 16.6. The number of amides is 2. The maximum absolute atomic E-state index is 11.6. The van der Waals surface area contributed by atoms with Crippen LogP contribution in [0.25, 0.3) is 0 Å². The number of ether oxygens (including phenoxy) is 2. The van der Waals surface area contributed by atoms with E-state index in [0.717, 1.165) is 31.2 Å². The van der Waals surface area contributed by atoms with Crippen LogP contribution in [0.1, 0.15) is 45.1 Å². The molecular formula is C20H34N4O4. The SMILES string of the molecule is CCCCNC(=O)OCCN(CCOC(=O)NCCCC)Cc1cccnc1. The molecule has 1 aromatic rings. The molecule has 28 heavy (non-hydrogen) atoms. The van der Waals surface area contributed by atoms with Gasteiger partial charge in [-0.15, -0.1) is 0 Å². The second-order valence-corrected chi connectivity index (χ2v) is 6.47. The summed E-state index contributed by atoms with van der Waals surface area (Å²) < 4.78 is 10.4. The third kappa shape index (κ3) is 12.1. The van der Waals surface area contributed by atoms with Crippen LogP contribution >= 0.6 is 0 Å². The van der Waals surface area contributed by atoms with Crippen LogP contribution in [0.2, 0.25) is 0 Å². The summed E-state index contributed by atoms with van der Waals surface area (Å²) in [5, 5.41) is 5.44. The largest absolute Gasteiger partial charge is 0.448 e. The number of aromatic nitrogens is 1. The van der Waals surface area contributed by atoms with Crippen LogP contribution in [0.15, 0.2) is 24.5 Å². The van der Waals surface area contributed by atoms with Crippen molar-refractivity contribution in [1.82, 2.24) is 20.5 Å². The Kier molecular flexibility index (Phi) is 13.3. The van der Waals surface area contributed by atoms with E-state index in [-0.39, 0.29) is 13.2 Å². The summed E-state index contributed by atoms with van der Waals surface area (Å²) in [5.41, 5.74) is 1.04. The molecule has 8 heteroatoms. The Morgan fingerprint density at radius 3 is 2.04 bits per heavy atom. The lowest BCUT2D eigenvalue weighted by Gasteiger charge is -2.22. The monoisotopic (exact) mass is 394 g/mol. The van der Waals surface area contributed by atoms with Crippen LogP contribution < -0.4 is 10.6 Å². The summed E-state index contributed by atoms with van der Waals surface area (Å²) in [6, 6.07) is 3.86. The van der Waals surface area contributed by atoms with Gasteiger partial charge in [0.25, 0.3) is 0 Å². The molecule has 2 amide bonds. The number of nitrogens with zero attached hydrogens (tertiary/aromatic N) is 2. The molecule has 0 aliphatic rings. The van der Waals surface area contributed by atoms with Gasteiger partial charge in [0.1, 0.15) is 13.2 Å². The van der Waals surface area contributed by atoms with Gasteiger partial charge >= 0.3 is 12.2 Å². The molecule has 0 bridgehead atoms. The normalized spacial score (nSPS) is 10.5. The van der Waals surface area contributed by atoms with E-state index in [1.165, 1.54) is 0 Å². The summed E-state index contributed by atoms with van der Waals surface area (Å²) in [6.45, 7) is 7.61. The van der Waals surface area contributed by atoms with E-state index in [1.807, 2.05) is 12.1 Å². The van der Waals surface area contributed by atoms with E-state index < -0.39 is 12.2 Å². The molecule has 0 saturated carbocycles. The van der Waals surface area contributed by atoms with Crippen molar-refractivity contribution in [2.75, 3.05) is 39.4 Å². The predicted octanol–water partition coefficient (Wildman–Crippen LogP) is 2.94. The number of nitrogens with one attached hydrogen (secondary N) is 2. The zero-order valence-corrected chi connectivity index (χ0v) is 17.1. The van der Waals surface area contributed by atoms with Gasteiger partial charge in [0.15, 0.2) is 0 Å².